The van der Waals surface area contributed by atoms with Gasteiger partial charge in [-0.25, -0.2) is 0 Å². The first-order chi connectivity index (χ1) is 10.9. The Morgan fingerprint density at radius 1 is 1.46 bits per heavy atom. The molecule has 1 aromatic carbocycles. The quantitative estimate of drug-likeness (QED) is 0.755. The molecule has 6 nitrogen and oxygen atoms in total. The molecule has 0 aromatic heterocycles. The van der Waals surface area contributed by atoms with E-state index in [9.17, 15) is 4.79 Å². The van der Waals surface area contributed by atoms with Crippen LogP contribution in [0.4, 0.5) is 0 Å². The second-order valence-electron chi connectivity index (χ2n) is 5.98. The highest BCUT2D eigenvalue weighted by atomic mass is 35.5. The maximum atomic E-state index is 10.9. The van der Waals surface area contributed by atoms with E-state index < -0.39 is 5.91 Å². The van der Waals surface area contributed by atoms with Gasteiger partial charge in [0.1, 0.15) is 0 Å². The number of nitrogens with zero attached hydrogens (tertiary/aromatic N) is 1. The number of methoxy groups -OCH3 is 1. The minimum absolute atomic E-state index is 0. The lowest BCUT2D eigenvalue weighted by Crippen LogP contribution is -2.27. The average molecular weight is 378 g/mol. The normalized spacial score (nSPS) is 20.5. The molecule has 1 aromatic rings. The average Bonchev–Trinajstić information content (AvgIpc) is 2.85. The van der Waals surface area contributed by atoms with E-state index in [2.05, 4.69) is 11.8 Å². The lowest BCUT2D eigenvalue weighted by Gasteiger charge is -2.22. The van der Waals surface area contributed by atoms with Gasteiger partial charge in [0.25, 0.3) is 5.91 Å². The Hall–Kier alpha value is -1.21. The van der Waals surface area contributed by atoms with Gasteiger partial charge >= 0.3 is 0 Å². The van der Waals surface area contributed by atoms with Gasteiger partial charge in [-0.2, -0.15) is 0 Å². The number of amides is 1. The molecular formula is C16H25Cl2N3O3. The van der Waals surface area contributed by atoms with Crippen molar-refractivity contribution >= 4 is 29.9 Å². The first-order valence-electron chi connectivity index (χ1n) is 7.66. The number of likely N-dealkylation sites (tertiary alicyclic amines) is 1. The number of benzene rings is 1. The molecule has 2 rings (SSSR count). The summed E-state index contributed by atoms with van der Waals surface area (Å²) in [6.45, 7) is 4.43. The third kappa shape index (κ3) is 5.14. The number of halogens is 2. The van der Waals surface area contributed by atoms with Crippen LogP contribution >= 0.6 is 24.0 Å². The van der Waals surface area contributed by atoms with Crippen molar-refractivity contribution in [2.45, 2.75) is 25.9 Å². The number of carbonyl (C=O) groups is 1. The molecule has 0 aliphatic carbocycles. The van der Waals surface area contributed by atoms with Gasteiger partial charge in [-0.05, 0) is 43.5 Å². The number of ether oxygens (including phenoxy) is 2. The van der Waals surface area contributed by atoms with Crippen LogP contribution < -0.4 is 20.9 Å². The molecule has 4 N–H and O–H groups in total. The summed E-state index contributed by atoms with van der Waals surface area (Å²) < 4.78 is 10.7. The van der Waals surface area contributed by atoms with E-state index in [1.165, 1.54) is 7.11 Å². The zero-order valence-corrected chi connectivity index (χ0v) is 15.5. The molecule has 1 heterocycles. The molecule has 2 atom stereocenters. The molecule has 1 aliphatic heterocycles. The number of hydrogen-bond acceptors (Lipinski definition) is 5. The van der Waals surface area contributed by atoms with Gasteiger partial charge in [0.2, 0.25) is 0 Å². The van der Waals surface area contributed by atoms with Crippen molar-refractivity contribution in [3.63, 3.8) is 0 Å². The Morgan fingerprint density at radius 3 is 2.71 bits per heavy atom. The van der Waals surface area contributed by atoms with Crippen LogP contribution in [0.3, 0.4) is 0 Å². The number of carbonyl (C=O) groups excluding carboxylic acids is 1. The summed E-state index contributed by atoms with van der Waals surface area (Å²) in [6.07, 6.45) is 1.11. The molecule has 2 unspecified atom stereocenters. The molecule has 24 heavy (non-hydrogen) atoms. The van der Waals surface area contributed by atoms with Crippen molar-refractivity contribution in [3.8, 4) is 11.5 Å². The summed E-state index contributed by atoms with van der Waals surface area (Å²) in [5.74, 6) is 0.813. The van der Waals surface area contributed by atoms with Gasteiger partial charge in [-0.3, -0.25) is 9.69 Å². The summed E-state index contributed by atoms with van der Waals surface area (Å²) in [6, 6.07) is 4.20. The molecule has 0 bridgehead atoms. The van der Waals surface area contributed by atoms with Crippen LogP contribution in [0.2, 0.25) is 5.02 Å². The third-order valence-corrected chi connectivity index (χ3v) is 4.44. The maximum absolute atomic E-state index is 10.9. The predicted octanol–water partition coefficient (Wildman–Crippen LogP) is 1.80. The molecule has 1 aliphatic rings. The maximum Gasteiger partial charge on any atom is 0.255 e. The van der Waals surface area contributed by atoms with Crippen molar-refractivity contribution in [1.29, 1.82) is 0 Å². The molecule has 0 spiro atoms. The standard InChI is InChI=1S/C16H24ClN3O3.ClH/c1-10-3-12(6-18)8-20(10)7-11-4-13(17)16(14(5-11)22-2)23-9-15(19)21;/h4-5,10,12H,3,6-9,18H2,1-2H3,(H2,19,21);1H. The van der Waals surface area contributed by atoms with Crippen LogP contribution in [0, 0.1) is 5.92 Å². The van der Waals surface area contributed by atoms with Crippen LogP contribution in [0.5, 0.6) is 11.5 Å². The molecule has 1 amide bonds. The largest absolute Gasteiger partial charge is 0.493 e. The van der Waals surface area contributed by atoms with Crippen molar-refractivity contribution in [2.24, 2.45) is 17.4 Å². The van der Waals surface area contributed by atoms with Gasteiger partial charge in [0, 0.05) is 19.1 Å². The van der Waals surface area contributed by atoms with E-state index in [0.29, 0.717) is 35.0 Å². The SMILES string of the molecule is COc1cc(CN2CC(CN)CC2C)cc(Cl)c1OCC(N)=O.Cl. The van der Waals surface area contributed by atoms with Gasteiger partial charge in [-0.1, -0.05) is 11.6 Å². The van der Waals surface area contributed by atoms with E-state index in [4.69, 9.17) is 32.5 Å². The minimum atomic E-state index is -0.564. The lowest BCUT2D eigenvalue weighted by molar-refractivity contribution is -0.119. The van der Waals surface area contributed by atoms with Crippen molar-refractivity contribution in [3.05, 3.63) is 22.7 Å². The smallest absolute Gasteiger partial charge is 0.255 e. The first kappa shape index (κ1) is 20.8. The molecule has 0 radical (unpaired) electrons. The Kier molecular flexibility index (Phi) is 8.09. The molecule has 1 fully saturated rings. The fourth-order valence-corrected chi connectivity index (χ4v) is 3.28. The number of rotatable bonds is 7. The zero-order chi connectivity index (χ0) is 17.0. The van der Waals surface area contributed by atoms with Crippen LogP contribution in [0.1, 0.15) is 18.9 Å². The number of hydrogen-bond donors (Lipinski definition) is 2. The molecule has 8 heteroatoms. The number of primary amides is 1. The number of nitrogens with two attached hydrogens (primary N) is 2. The molecule has 1 saturated heterocycles. The fraction of sp³-hybridized carbons (Fsp3) is 0.562. The molecule has 0 saturated carbocycles. The minimum Gasteiger partial charge on any atom is -0.493 e. The Labute approximate surface area is 153 Å². The fourth-order valence-electron chi connectivity index (χ4n) is 2.99. The van der Waals surface area contributed by atoms with Crippen molar-refractivity contribution in [2.75, 3.05) is 26.8 Å². The highest BCUT2D eigenvalue weighted by Crippen LogP contribution is 2.37. The second-order valence-corrected chi connectivity index (χ2v) is 6.39. The Bertz CT molecular complexity index is 572. The van der Waals surface area contributed by atoms with Crippen LogP contribution in [0.15, 0.2) is 12.1 Å². The van der Waals surface area contributed by atoms with E-state index in [1.54, 1.807) is 0 Å². The van der Waals surface area contributed by atoms with E-state index in [1.807, 2.05) is 12.1 Å². The highest BCUT2D eigenvalue weighted by molar-refractivity contribution is 6.32. The van der Waals surface area contributed by atoms with Crippen molar-refractivity contribution in [1.82, 2.24) is 4.90 Å². The summed E-state index contributed by atoms with van der Waals surface area (Å²) in [5.41, 5.74) is 11.9. The van der Waals surface area contributed by atoms with Crippen LogP contribution in [-0.2, 0) is 11.3 Å². The highest BCUT2D eigenvalue weighted by Gasteiger charge is 2.28. The van der Waals surface area contributed by atoms with E-state index >= 15 is 0 Å². The van der Waals surface area contributed by atoms with Gasteiger partial charge < -0.3 is 20.9 Å². The van der Waals surface area contributed by atoms with E-state index in [-0.39, 0.29) is 19.0 Å². The first-order valence-corrected chi connectivity index (χ1v) is 8.04. The van der Waals surface area contributed by atoms with Gasteiger partial charge in [0.05, 0.1) is 12.1 Å². The van der Waals surface area contributed by atoms with Gasteiger partial charge in [0.15, 0.2) is 18.1 Å². The van der Waals surface area contributed by atoms with E-state index in [0.717, 1.165) is 25.1 Å². The topological polar surface area (TPSA) is 90.8 Å². The van der Waals surface area contributed by atoms with Crippen molar-refractivity contribution < 1.29 is 14.3 Å². The Morgan fingerprint density at radius 2 is 2.17 bits per heavy atom. The predicted molar refractivity (Wildman–Crippen MR) is 97.0 cm³/mol. The third-order valence-electron chi connectivity index (χ3n) is 4.16. The molecule has 136 valence electrons. The monoisotopic (exact) mass is 377 g/mol. The Balaban J connectivity index is 0.00000288. The summed E-state index contributed by atoms with van der Waals surface area (Å²) in [5, 5.41) is 0.405. The molecular weight excluding hydrogens is 353 g/mol. The van der Waals surface area contributed by atoms with Crippen LogP contribution in [0.25, 0.3) is 0 Å². The lowest BCUT2D eigenvalue weighted by atomic mass is 10.1. The van der Waals surface area contributed by atoms with Crippen LogP contribution in [-0.4, -0.2) is 43.7 Å². The second kappa shape index (κ2) is 9.32. The summed E-state index contributed by atoms with van der Waals surface area (Å²) >= 11 is 6.28. The zero-order valence-electron chi connectivity index (χ0n) is 14.0. The summed E-state index contributed by atoms with van der Waals surface area (Å²) in [7, 11) is 1.54. The summed E-state index contributed by atoms with van der Waals surface area (Å²) in [4.78, 5) is 13.3. The van der Waals surface area contributed by atoms with Gasteiger partial charge in [-0.15, -0.1) is 12.4 Å².